The van der Waals surface area contributed by atoms with E-state index in [4.69, 9.17) is 0 Å². The van der Waals surface area contributed by atoms with Crippen molar-refractivity contribution in [1.82, 2.24) is 13.9 Å². The zero-order chi connectivity index (χ0) is 13.2. The van der Waals surface area contributed by atoms with Gasteiger partial charge in [0.2, 0.25) is 0 Å². The molecule has 5 nitrogen and oxygen atoms in total. The van der Waals surface area contributed by atoms with Gasteiger partial charge in [-0.3, -0.25) is 0 Å². The van der Waals surface area contributed by atoms with Crippen molar-refractivity contribution in [2.24, 2.45) is 41.5 Å². The fraction of sp³-hybridized carbons (Fsp3) is 0.733. The van der Waals surface area contributed by atoms with E-state index in [1.807, 2.05) is 9.36 Å². The van der Waals surface area contributed by atoms with E-state index in [2.05, 4.69) is 12.2 Å². The van der Waals surface area contributed by atoms with Crippen molar-refractivity contribution in [1.29, 1.82) is 0 Å². The molecule has 8 atom stereocenters. The fourth-order valence-electron chi connectivity index (χ4n) is 7.92. The summed E-state index contributed by atoms with van der Waals surface area (Å²) in [6.45, 7) is 0. The Morgan fingerprint density at radius 3 is 1.95 bits per heavy atom. The van der Waals surface area contributed by atoms with Gasteiger partial charge < -0.3 is 0 Å². The van der Waals surface area contributed by atoms with Crippen molar-refractivity contribution < 1.29 is 0 Å². The van der Waals surface area contributed by atoms with Crippen LogP contribution in [0.25, 0.3) is 0 Å². The van der Waals surface area contributed by atoms with Gasteiger partial charge in [0.15, 0.2) is 0 Å². The van der Waals surface area contributed by atoms with Gasteiger partial charge in [-0.25, -0.2) is 23.5 Å². The molecule has 1 aromatic heterocycles. The lowest BCUT2D eigenvalue weighted by Gasteiger charge is -2.49. The molecule has 0 radical (unpaired) electrons. The van der Waals surface area contributed by atoms with Crippen LogP contribution >= 0.6 is 0 Å². The smallest absolute Gasteiger partial charge is 0.246 e. The van der Waals surface area contributed by atoms with Crippen LogP contribution in [0.3, 0.4) is 0 Å². The lowest BCUT2D eigenvalue weighted by Crippen LogP contribution is -2.53. The molecule has 2 aliphatic heterocycles. The van der Waals surface area contributed by atoms with Gasteiger partial charge in [0.25, 0.3) is 0 Å². The number of hydrogen-bond acceptors (Lipinski definition) is 2. The molecule has 102 valence electrons. The molecule has 0 N–H and O–H groups in total. The van der Waals surface area contributed by atoms with Crippen molar-refractivity contribution in [2.45, 2.75) is 24.9 Å². The first kappa shape index (κ1) is 9.42. The predicted octanol–water partition coefficient (Wildman–Crippen LogP) is 0.286. The summed E-state index contributed by atoms with van der Waals surface area (Å²) in [5, 5.41) is 0. The molecule has 4 fully saturated rings. The van der Waals surface area contributed by atoms with Gasteiger partial charge in [-0.1, -0.05) is 12.2 Å². The summed E-state index contributed by atoms with van der Waals surface area (Å²) in [4.78, 5) is 25.0. The Morgan fingerprint density at radius 2 is 1.45 bits per heavy atom. The quantitative estimate of drug-likeness (QED) is 0.635. The monoisotopic (exact) mass is 269 g/mol. The second-order valence-corrected chi connectivity index (χ2v) is 7.87. The average molecular weight is 269 g/mol. The largest absolute Gasteiger partial charge is 0.347 e. The first-order valence-electron chi connectivity index (χ1n) is 7.73. The maximum atomic E-state index is 12.5. The highest BCUT2D eigenvalue weighted by Gasteiger charge is 3.02. The molecule has 1 aromatic rings. The van der Waals surface area contributed by atoms with Crippen molar-refractivity contribution in [3.63, 3.8) is 0 Å². The second kappa shape index (κ2) is 2.11. The Morgan fingerprint density at radius 1 is 0.950 bits per heavy atom. The van der Waals surface area contributed by atoms with Crippen molar-refractivity contribution >= 4 is 0 Å². The van der Waals surface area contributed by atoms with Gasteiger partial charge in [-0.2, -0.15) is 0 Å². The highest BCUT2D eigenvalue weighted by molar-refractivity contribution is 5.50. The van der Waals surface area contributed by atoms with E-state index < -0.39 is 0 Å². The van der Waals surface area contributed by atoms with E-state index in [-0.39, 0.29) is 11.4 Å². The second-order valence-electron chi connectivity index (χ2n) is 7.87. The van der Waals surface area contributed by atoms with Crippen LogP contribution in [0.2, 0.25) is 0 Å². The predicted molar refractivity (Wildman–Crippen MR) is 69.2 cm³/mol. The molecule has 0 amide bonds. The zero-order valence-electron chi connectivity index (χ0n) is 11.2. The van der Waals surface area contributed by atoms with E-state index in [1.165, 1.54) is 4.57 Å². The normalized spacial score (nSPS) is 60.5. The fourth-order valence-corrected chi connectivity index (χ4v) is 7.92. The molecule has 5 heteroatoms. The first-order valence-corrected chi connectivity index (χ1v) is 7.73. The van der Waals surface area contributed by atoms with Gasteiger partial charge in [-0.15, -0.1) is 0 Å². The van der Waals surface area contributed by atoms with E-state index in [0.29, 0.717) is 34.7 Å². The molecule has 20 heavy (non-hydrogen) atoms. The average Bonchev–Trinajstić information content (AvgIpc) is 3.24. The van der Waals surface area contributed by atoms with Gasteiger partial charge in [0.1, 0.15) is 0 Å². The number of allylic oxidation sites excluding steroid dienone is 2. The maximum Gasteiger partial charge on any atom is 0.347 e. The SMILES string of the molecule is Cn1c(=O)n2n(c1=O)[C@H]1[C@H]3C4C5[C@]6(CC=CC[C@@]516)[C@@H]2[C@H]43. The molecule has 2 unspecified atom stereocenters. The van der Waals surface area contributed by atoms with E-state index >= 15 is 0 Å². The lowest BCUT2D eigenvalue weighted by molar-refractivity contribution is -0.00147. The third kappa shape index (κ3) is 0.504. The first-order chi connectivity index (χ1) is 9.68. The lowest BCUT2D eigenvalue weighted by atomic mass is 9.67. The van der Waals surface area contributed by atoms with Crippen LogP contribution in [-0.4, -0.2) is 13.9 Å². The summed E-state index contributed by atoms with van der Waals surface area (Å²) in [5.74, 6) is 3.03. The Hall–Kier alpha value is -1.52. The summed E-state index contributed by atoms with van der Waals surface area (Å²) < 4.78 is 5.06. The Bertz CT molecular complexity index is 820. The summed E-state index contributed by atoms with van der Waals surface area (Å²) >= 11 is 0. The molecular formula is C15H15N3O2. The number of hydrogen-bond donors (Lipinski definition) is 0. The van der Waals surface area contributed by atoms with Crippen LogP contribution in [-0.2, 0) is 7.05 Å². The molecule has 7 aliphatic rings. The Balaban J connectivity index is 1.69. The van der Waals surface area contributed by atoms with Crippen LogP contribution in [0.5, 0.6) is 0 Å². The summed E-state index contributed by atoms with van der Waals surface area (Å²) in [6, 6.07) is 0.637. The maximum absolute atomic E-state index is 12.5. The summed E-state index contributed by atoms with van der Waals surface area (Å²) in [5.41, 5.74) is 0.515. The third-order valence-corrected chi connectivity index (χ3v) is 8.06. The van der Waals surface area contributed by atoms with Crippen LogP contribution in [0.15, 0.2) is 21.7 Å². The van der Waals surface area contributed by atoms with Crippen molar-refractivity contribution in [3.05, 3.63) is 33.1 Å². The van der Waals surface area contributed by atoms with Gasteiger partial charge >= 0.3 is 11.4 Å². The topological polar surface area (TPSA) is 48.9 Å². The minimum Gasteiger partial charge on any atom is -0.246 e. The van der Waals surface area contributed by atoms with E-state index in [1.54, 1.807) is 7.05 Å². The minimum absolute atomic E-state index is 0.0841. The molecule has 2 bridgehead atoms. The summed E-state index contributed by atoms with van der Waals surface area (Å²) in [7, 11) is 1.63. The third-order valence-electron chi connectivity index (χ3n) is 8.06. The number of rotatable bonds is 0. The van der Waals surface area contributed by atoms with Gasteiger partial charge in [-0.05, 0) is 36.5 Å². The molecule has 8 rings (SSSR count). The zero-order valence-corrected chi connectivity index (χ0v) is 11.2. The van der Waals surface area contributed by atoms with Crippen molar-refractivity contribution in [2.75, 3.05) is 0 Å². The summed E-state index contributed by atoms with van der Waals surface area (Å²) in [6.07, 6.45) is 6.92. The minimum atomic E-state index is -0.0841. The highest BCUT2D eigenvalue weighted by atomic mass is 16.2. The Kier molecular flexibility index (Phi) is 0.992. The van der Waals surface area contributed by atoms with Crippen LogP contribution in [0.4, 0.5) is 0 Å². The van der Waals surface area contributed by atoms with Crippen LogP contribution < -0.4 is 11.4 Å². The molecule has 0 aromatic carbocycles. The highest BCUT2D eigenvalue weighted by Crippen LogP contribution is 3.04. The molecule has 5 aliphatic carbocycles. The number of aromatic nitrogens is 3. The van der Waals surface area contributed by atoms with Gasteiger partial charge in [0, 0.05) is 17.9 Å². The molecule has 0 saturated heterocycles. The number of nitrogens with zero attached hydrogens (tertiary/aromatic N) is 3. The molecule has 2 spiro atoms. The Labute approximate surface area is 114 Å². The molecule has 4 saturated carbocycles. The standard InChI is InChI=1S/C15H15N3O2/c1-16-12(19)17-10-7-6-8(7)11(18(17)13(16)20)15-5-3-2-4-14(10,15)9(6)15/h2-3,6-11H,4-5H2,1H3/t6?,7-,8+,9?,10-,11-,14+,15+/m0/s1. The van der Waals surface area contributed by atoms with E-state index in [0.717, 1.165) is 24.7 Å². The van der Waals surface area contributed by atoms with Crippen LogP contribution in [0.1, 0.15) is 24.9 Å². The molecular weight excluding hydrogens is 254 g/mol. The van der Waals surface area contributed by atoms with Crippen LogP contribution in [0, 0.1) is 34.5 Å². The van der Waals surface area contributed by atoms with Crippen molar-refractivity contribution in [3.8, 4) is 0 Å². The molecule has 3 heterocycles. The van der Waals surface area contributed by atoms with Gasteiger partial charge in [0.05, 0.1) is 12.1 Å². The van der Waals surface area contributed by atoms with E-state index in [9.17, 15) is 9.59 Å².